The summed E-state index contributed by atoms with van der Waals surface area (Å²) in [7, 11) is -1.34. The Kier molecular flexibility index (Phi) is 2.63. The van der Waals surface area contributed by atoms with Gasteiger partial charge < -0.3 is 13.9 Å². The molecule has 3 nitrogen and oxygen atoms in total. The highest BCUT2D eigenvalue weighted by Gasteiger charge is 2.53. The van der Waals surface area contributed by atoms with Gasteiger partial charge in [0.25, 0.3) is 0 Å². The predicted octanol–water partition coefficient (Wildman–Crippen LogP) is 3.83. The minimum absolute atomic E-state index is 0.407. The van der Waals surface area contributed by atoms with E-state index < -0.39 is 13.9 Å². The zero-order chi connectivity index (χ0) is 14.0. The van der Waals surface area contributed by atoms with Crippen LogP contribution in [0.4, 0.5) is 0 Å². The molecule has 0 radical (unpaired) electrons. The maximum Gasteiger partial charge on any atom is 0.191 e. The minimum atomic E-state index is -1.34. The topological polar surface area (TPSA) is 31.6 Å². The fraction of sp³-hybridized carbons (Fsp3) is 0.625. The van der Waals surface area contributed by atoms with Crippen LogP contribution in [0.3, 0.4) is 0 Å². The van der Waals surface area contributed by atoms with Crippen molar-refractivity contribution in [3.8, 4) is 0 Å². The predicted molar refractivity (Wildman–Crippen MR) is 80.3 cm³/mol. The van der Waals surface area contributed by atoms with Gasteiger partial charge in [0, 0.05) is 12.0 Å². The van der Waals surface area contributed by atoms with Crippen molar-refractivity contribution in [3.63, 3.8) is 0 Å². The van der Waals surface area contributed by atoms with Crippen LogP contribution in [0, 0.1) is 0 Å². The standard InChI is InChI=1S/C16H22O3Si/c1-20(2,3)14-8-11-9-17-10-13(11)12-4-5-16(15(12)14)18-6-7-19-16/h9-10,14H,4-8H2,1-3H3. The molecule has 1 spiro atoms. The molecule has 108 valence electrons. The van der Waals surface area contributed by atoms with E-state index in [9.17, 15) is 0 Å². The van der Waals surface area contributed by atoms with E-state index in [4.69, 9.17) is 13.9 Å². The molecule has 0 aromatic carbocycles. The molecule has 0 amide bonds. The lowest BCUT2D eigenvalue weighted by atomic mass is 9.88. The Morgan fingerprint density at radius 2 is 1.90 bits per heavy atom. The quantitative estimate of drug-likeness (QED) is 0.737. The normalized spacial score (nSPS) is 28.1. The fourth-order valence-corrected chi connectivity index (χ4v) is 6.20. The van der Waals surface area contributed by atoms with E-state index in [-0.39, 0.29) is 0 Å². The van der Waals surface area contributed by atoms with Crippen molar-refractivity contribution in [2.45, 2.75) is 50.2 Å². The fourth-order valence-electron chi connectivity index (χ4n) is 4.11. The Labute approximate surface area is 121 Å². The summed E-state index contributed by atoms with van der Waals surface area (Å²) in [6, 6.07) is 0. The van der Waals surface area contributed by atoms with Crippen LogP contribution in [-0.4, -0.2) is 27.1 Å². The smallest absolute Gasteiger partial charge is 0.191 e. The van der Waals surface area contributed by atoms with Crippen LogP contribution in [-0.2, 0) is 15.9 Å². The van der Waals surface area contributed by atoms with Crippen molar-refractivity contribution in [2.24, 2.45) is 0 Å². The molecule has 1 unspecified atom stereocenters. The number of hydrogen-bond donors (Lipinski definition) is 0. The van der Waals surface area contributed by atoms with Crippen LogP contribution in [0.25, 0.3) is 5.57 Å². The highest BCUT2D eigenvalue weighted by Crippen LogP contribution is 2.57. The van der Waals surface area contributed by atoms with Gasteiger partial charge in [-0.3, -0.25) is 0 Å². The van der Waals surface area contributed by atoms with Crippen molar-refractivity contribution in [2.75, 3.05) is 13.2 Å². The first kappa shape index (κ1) is 12.9. The lowest BCUT2D eigenvalue weighted by molar-refractivity contribution is -0.125. The summed E-state index contributed by atoms with van der Waals surface area (Å²) in [6.07, 6.45) is 6.98. The Hall–Kier alpha value is -0.843. The first-order chi connectivity index (χ1) is 9.51. The summed E-state index contributed by atoms with van der Waals surface area (Å²) in [6.45, 7) is 8.82. The molecule has 20 heavy (non-hydrogen) atoms. The molecule has 1 aromatic heterocycles. The first-order valence-electron chi connectivity index (χ1n) is 7.58. The zero-order valence-electron chi connectivity index (χ0n) is 12.5. The largest absolute Gasteiger partial charge is 0.472 e. The SMILES string of the molecule is C[Si](C)(C)C1Cc2cocc2C2=C1C1(CC2)OCCO1. The molecule has 1 atom stereocenters. The number of fused-ring (bicyclic) bond motifs is 3. The van der Waals surface area contributed by atoms with E-state index in [2.05, 4.69) is 19.6 Å². The Morgan fingerprint density at radius 3 is 2.60 bits per heavy atom. The molecule has 1 fully saturated rings. The van der Waals surface area contributed by atoms with Gasteiger partial charge in [-0.15, -0.1) is 0 Å². The van der Waals surface area contributed by atoms with E-state index in [1.807, 2.05) is 12.5 Å². The molecule has 1 aromatic rings. The molecular weight excluding hydrogens is 268 g/mol. The molecule has 2 aliphatic carbocycles. The van der Waals surface area contributed by atoms with E-state index >= 15 is 0 Å². The third-order valence-corrected chi connectivity index (χ3v) is 7.66. The zero-order valence-corrected chi connectivity index (χ0v) is 13.5. The number of rotatable bonds is 1. The van der Waals surface area contributed by atoms with Gasteiger partial charge in [-0.25, -0.2) is 0 Å². The monoisotopic (exact) mass is 290 g/mol. The average Bonchev–Trinajstić information content (AvgIpc) is 3.09. The van der Waals surface area contributed by atoms with Crippen LogP contribution in [0.1, 0.15) is 24.0 Å². The summed E-state index contributed by atoms with van der Waals surface area (Å²) < 4.78 is 17.7. The molecule has 1 aliphatic heterocycles. The average molecular weight is 290 g/mol. The van der Waals surface area contributed by atoms with E-state index in [0.29, 0.717) is 5.54 Å². The maximum atomic E-state index is 6.10. The van der Waals surface area contributed by atoms with E-state index in [1.165, 1.54) is 22.3 Å². The van der Waals surface area contributed by atoms with E-state index in [0.717, 1.165) is 32.5 Å². The van der Waals surface area contributed by atoms with Crippen LogP contribution in [0.2, 0.25) is 25.2 Å². The summed E-state index contributed by atoms with van der Waals surface area (Å²) in [4.78, 5) is 0. The summed E-state index contributed by atoms with van der Waals surface area (Å²) in [5, 5.41) is 0. The second kappa shape index (κ2) is 4.09. The summed E-state index contributed by atoms with van der Waals surface area (Å²) >= 11 is 0. The maximum absolute atomic E-state index is 6.10. The second-order valence-electron chi connectivity index (χ2n) is 7.28. The molecule has 2 heterocycles. The molecule has 0 N–H and O–H groups in total. The van der Waals surface area contributed by atoms with Gasteiger partial charge in [-0.05, 0) is 35.1 Å². The van der Waals surface area contributed by atoms with Crippen LogP contribution >= 0.6 is 0 Å². The second-order valence-corrected chi connectivity index (χ2v) is 12.7. The molecular formula is C16H22O3Si. The molecule has 4 heteroatoms. The third kappa shape index (κ3) is 1.65. The van der Waals surface area contributed by atoms with Crippen LogP contribution in [0.5, 0.6) is 0 Å². The highest BCUT2D eigenvalue weighted by atomic mass is 28.3. The summed E-state index contributed by atoms with van der Waals surface area (Å²) in [5.41, 5.74) is 6.21. The molecule has 1 saturated heterocycles. The summed E-state index contributed by atoms with van der Waals surface area (Å²) in [5.74, 6) is -0.407. The molecule has 0 bridgehead atoms. The lowest BCUT2D eigenvalue weighted by Crippen LogP contribution is -2.41. The van der Waals surface area contributed by atoms with Gasteiger partial charge in [0.05, 0.1) is 33.8 Å². The molecule has 4 rings (SSSR count). The van der Waals surface area contributed by atoms with Crippen molar-refractivity contribution in [1.29, 1.82) is 0 Å². The number of ether oxygens (including phenoxy) is 2. The first-order valence-corrected chi connectivity index (χ1v) is 11.2. The van der Waals surface area contributed by atoms with Crippen molar-refractivity contribution in [1.82, 2.24) is 0 Å². The Bertz CT molecular complexity index is 573. The van der Waals surface area contributed by atoms with Gasteiger partial charge in [0.2, 0.25) is 0 Å². The van der Waals surface area contributed by atoms with Crippen molar-refractivity contribution < 1.29 is 13.9 Å². The van der Waals surface area contributed by atoms with Gasteiger partial charge in [0.15, 0.2) is 5.79 Å². The Morgan fingerprint density at radius 1 is 1.15 bits per heavy atom. The van der Waals surface area contributed by atoms with Gasteiger partial charge in [0.1, 0.15) is 0 Å². The van der Waals surface area contributed by atoms with Crippen molar-refractivity contribution >= 4 is 13.6 Å². The number of allylic oxidation sites excluding steroid dienone is 1. The Balaban J connectivity index is 1.90. The van der Waals surface area contributed by atoms with Crippen LogP contribution < -0.4 is 0 Å². The number of furan rings is 1. The molecule has 0 saturated carbocycles. The molecule has 3 aliphatic rings. The minimum Gasteiger partial charge on any atom is -0.472 e. The van der Waals surface area contributed by atoms with Gasteiger partial charge >= 0.3 is 0 Å². The van der Waals surface area contributed by atoms with Crippen LogP contribution in [0.15, 0.2) is 22.5 Å². The van der Waals surface area contributed by atoms with E-state index in [1.54, 1.807) is 0 Å². The van der Waals surface area contributed by atoms with Gasteiger partial charge in [-0.2, -0.15) is 0 Å². The number of hydrogen-bond acceptors (Lipinski definition) is 3. The highest BCUT2D eigenvalue weighted by molar-refractivity contribution is 6.78. The third-order valence-electron chi connectivity index (χ3n) is 5.08. The lowest BCUT2D eigenvalue weighted by Gasteiger charge is -2.39. The van der Waals surface area contributed by atoms with Crippen molar-refractivity contribution in [3.05, 3.63) is 29.2 Å². The van der Waals surface area contributed by atoms with Gasteiger partial charge in [-0.1, -0.05) is 19.6 Å².